The Labute approximate surface area is 211 Å². The zero-order valence-corrected chi connectivity index (χ0v) is 21.6. The molecule has 2 unspecified atom stereocenters. The highest BCUT2D eigenvalue weighted by molar-refractivity contribution is 7.15. The number of hydrogen-bond donors (Lipinski definition) is 2. The molecule has 0 bridgehead atoms. The van der Waals surface area contributed by atoms with Crippen LogP contribution in [0.4, 0.5) is 5.13 Å². The van der Waals surface area contributed by atoms with Crippen LogP contribution in [0.25, 0.3) is 0 Å². The first-order valence-electron chi connectivity index (χ1n) is 12.7. The molecule has 2 aliphatic heterocycles. The third kappa shape index (κ3) is 4.84. The quantitative estimate of drug-likeness (QED) is 0.606. The first kappa shape index (κ1) is 23.9. The number of aromatic nitrogens is 1. The first-order valence-corrected chi connectivity index (χ1v) is 13.5. The molecule has 3 heterocycles. The van der Waals surface area contributed by atoms with Crippen LogP contribution in [0, 0.1) is 25.7 Å². The molecule has 0 radical (unpaired) electrons. The predicted molar refractivity (Wildman–Crippen MR) is 141 cm³/mol. The van der Waals surface area contributed by atoms with Crippen LogP contribution in [0.1, 0.15) is 65.0 Å². The average molecular weight is 491 g/mol. The number of anilines is 1. The van der Waals surface area contributed by atoms with Gasteiger partial charge in [-0.3, -0.25) is 9.59 Å². The van der Waals surface area contributed by atoms with Gasteiger partial charge in [-0.1, -0.05) is 31.2 Å². The maximum Gasteiger partial charge on any atom is 0.258 e. The lowest BCUT2D eigenvalue weighted by molar-refractivity contribution is -0.117. The van der Waals surface area contributed by atoms with E-state index < -0.39 is 0 Å². The van der Waals surface area contributed by atoms with Gasteiger partial charge in [0.2, 0.25) is 5.91 Å². The van der Waals surface area contributed by atoms with Gasteiger partial charge in [0.25, 0.3) is 5.91 Å². The number of aryl methyl sites for hydroxylation is 2. The summed E-state index contributed by atoms with van der Waals surface area (Å²) in [5.41, 5.74) is 5.18. The number of carbonyl (C=O) groups is 2. The van der Waals surface area contributed by atoms with Crippen molar-refractivity contribution in [2.75, 3.05) is 25.0 Å². The second-order valence-electron chi connectivity index (χ2n) is 10.0. The number of amides is 2. The third-order valence-corrected chi connectivity index (χ3v) is 8.62. The van der Waals surface area contributed by atoms with Crippen molar-refractivity contribution in [2.45, 2.75) is 52.4 Å². The molecule has 3 aliphatic rings. The Morgan fingerprint density at radius 3 is 2.74 bits per heavy atom. The van der Waals surface area contributed by atoms with Crippen LogP contribution in [-0.4, -0.2) is 41.3 Å². The molecule has 6 nitrogen and oxygen atoms in total. The lowest BCUT2D eigenvalue weighted by atomic mass is 9.80. The molecule has 35 heavy (non-hydrogen) atoms. The van der Waals surface area contributed by atoms with Crippen molar-refractivity contribution >= 4 is 28.3 Å². The second kappa shape index (κ2) is 10.1. The van der Waals surface area contributed by atoms with Gasteiger partial charge in [-0.15, -0.1) is 11.3 Å². The molecular formula is C28H34N4O2S. The number of nitrogens with zero attached hydrogens (tertiary/aromatic N) is 2. The SMILES string of the molecule is Cc1ccccc1C(=O)N1CCC2=C1C=CC(c1nc(NC(=O)CC3CCNCC3)sc1C)C2C. The van der Waals surface area contributed by atoms with E-state index in [0.29, 0.717) is 24.0 Å². The molecule has 0 saturated carbocycles. The first-order chi connectivity index (χ1) is 16.9. The number of carbonyl (C=O) groups excluding carboxylic acids is 2. The molecule has 1 fully saturated rings. The summed E-state index contributed by atoms with van der Waals surface area (Å²) in [6.45, 7) is 9.02. The van der Waals surface area contributed by atoms with E-state index >= 15 is 0 Å². The van der Waals surface area contributed by atoms with Gasteiger partial charge in [0.15, 0.2) is 5.13 Å². The van der Waals surface area contributed by atoms with Crippen molar-refractivity contribution in [2.24, 2.45) is 11.8 Å². The Bertz CT molecular complexity index is 1190. The van der Waals surface area contributed by atoms with E-state index in [0.717, 1.165) is 59.7 Å². The minimum atomic E-state index is 0.0654. The van der Waals surface area contributed by atoms with Crippen LogP contribution < -0.4 is 10.6 Å². The van der Waals surface area contributed by atoms with E-state index in [1.807, 2.05) is 36.1 Å². The van der Waals surface area contributed by atoms with E-state index in [2.05, 4.69) is 36.6 Å². The molecule has 7 heteroatoms. The summed E-state index contributed by atoms with van der Waals surface area (Å²) < 4.78 is 0. The van der Waals surface area contributed by atoms with Gasteiger partial charge < -0.3 is 15.5 Å². The van der Waals surface area contributed by atoms with Crippen LogP contribution in [-0.2, 0) is 4.79 Å². The number of piperidine rings is 1. The molecule has 5 rings (SSSR count). The predicted octanol–water partition coefficient (Wildman–Crippen LogP) is 5.18. The number of rotatable bonds is 5. The summed E-state index contributed by atoms with van der Waals surface area (Å²) in [5.74, 6) is 0.996. The smallest absolute Gasteiger partial charge is 0.258 e. The molecule has 1 aromatic carbocycles. The van der Waals surface area contributed by atoms with Gasteiger partial charge in [-0.05, 0) is 81.3 Å². The summed E-state index contributed by atoms with van der Waals surface area (Å²) >= 11 is 1.56. The minimum Gasteiger partial charge on any atom is -0.317 e. The molecular weight excluding hydrogens is 456 g/mol. The van der Waals surface area contributed by atoms with E-state index in [9.17, 15) is 9.59 Å². The van der Waals surface area contributed by atoms with Gasteiger partial charge in [-0.2, -0.15) is 0 Å². The topological polar surface area (TPSA) is 74.3 Å². The highest BCUT2D eigenvalue weighted by atomic mass is 32.1. The zero-order chi connectivity index (χ0) is 24.5. The largest absolute Gasteiger partial charge is 0.317 e. The molecule has 0 spiro atoms. The fourth-order valence-corrected chi connectivity index (χ4v) is 6.56. The van der Waals surface area contributed by atoms with E-state index in [4.69, 9.17) is 4.98 Å². The Morgan fingerprint density at radius 1 is 1.20 bits per heavy atom. The molecule has 184 valence electrons. The van der Waals surface area contributed by atoms with Crippen LogP contribution in [0.2, 0.25) is 0 Å². The standard InChI is InChI=1S/C28H34N4O2S/c1-17-6-4-5-7-21(17)27(34)32-15-12-22-18(2)23(8-9-24(22)32)26-19(3)35-28(31-26)30-25(33)16-20-10-13-29-14-11-20/h4-9,18,20,23,29H,10-16H2,1-3H3,(H,30,31,33). The van der Waals surface area contributed by atoms with Crippen molar-refractivity contribution in [3.05, 3.63) is 69.4 Å². The normalized spacial score (nSPS) is 22.4. The Kier molecular flexibility index (Phi) is 6.89. The Morgan fingerprint density at radius 2 is 1.97 bits per heavy atom. The highest BCUT2D eigenvalue weighted by Gasteiger charge is 2.36. The lowest BCUT2D eigenvalue weighted by Crippen LogP contribution is -2.30. The fraction of sp³-hybridized carbons (Fsp3) is 0.464. The molecule has 2 amide bonds. The summed E-state index contributed by atoms with van der Waals surface area (Å²) in [7, 11) is 0. The van der Waals surface area contributed by atoms with E-state index in [1.165, 1.54) is 5.57 Å². The summed E-state index contributed by atoms with van der Waals surface area (Å²) in [6, 6.07) is 7.79. The van der Waals surface area contributed by atoms with Crippen LogP contribution >= 0.6 is 11.3 Å². The molecule has 1 aromatic heterocycles. The second-order valence-corrected chi connectivity index (χ2v) is 11.2. The van der Waals surface area contributed by atoms with Crippen molar-refractivity contribution in [3.63, 3.8) is 0 Å². The van der Waals surface area contributed by atoms with Crippen LogP contribution in [0.3, 0.4) is 0 Å². The zero-order valence-electron chi connectivity index (χ0n) is 20.8. The third-order valence-electron chi connectivity index (χ3n) is 7.72. The van der Waals surface area contributed by atoms with Crippen molar-refractivity contribution < 1.29 is 9.59 Å². The molecule has 2 N–H and O–H groups in total. The van der Waals surface area contributed by atoms with Gasteiger partial charge >= 0.3 is 0 Å². The molecule has 2 aromatic rings. The number of allylic oxidation sites excluding steroid dienone is 2. The maximum absolute atomic E-state index is 13.3. The van der Waals surface area contributed by atoms with Crippen LogP contribution in [0.5, 0.6) is 0 Å². The average Bonchev–Trinajstić information content (AvgIpc) is 3.43. The maximum atomic E-state index is 13.3. The van der Waals surface area contributed by atoms with Crippen molar-refractivity contribution in [1.29, 1.82) is 0 Å². The summed E-state index contributed by atoms with van der Waals surface area (Å²) in [4.78, 5) is 33.8. The Balaban J connectivity index is 1.29. The van der Waals surface area contributed by atoms with Crippen molar-refractivity contribution in [3.8, 4) is 0 Å². The number of nitrogens with one attached hydrogen (secondary N) is 2. The van der Waals surface area contributed by atoms with Gasteiger partial charge in [-0.25, -0.2) is 4.98 Å². The fourth-order valence-electron chi connectivity index (χ4n) is 5.68. The van der Waals surface area contributed by atoms with Gasteiger partial charge in [0.1, 0.15) is 0 Å². The lowest BCUT2D eigenvalue weighted by Gasteiger charge is -2.28. The Hall–Kier alpha value is -2.77. The number of benzene rings is 1. The summed E-state index contributed by atoms with van der Waals surface area (Å²) in [6.07, 6.45) is 7.86. The van der Waals surface area contributed by atoms with Gasteiger partial charge in [0.05, 0.1) is 5.69 Å². The minimum absolute atomic E-state index is 0.0654. The van der Waals surface area contributed by atoms with E-state index in [-0.39, 0.29) is 23.7 Å². The summed E-state index contributed by atoms with van der Waals surface area (Å²) in [5, 5.41) is 7.10. The molecule has 1 aliphatic carbocycles. The number of hydrogen-bond acceptors (Lipinski definition) is 5. The number of thiazole rings is 1. The van der Waals surface area contributed by atoms with Crippen LogP contribution in [0.15, 0.2) is 47.7 Å². The highest BCUT2D eigenvalue weighted by Crippen LogP contribution is 2.44. The molecule has 2 atom stereocenters. The molecule has 1 saturated heterocycles. The van der Waals surface area contributed by atoms with Gasteiger partial charge in [0, 0.05) is 35.0 Å². The van der Waals surface area contributed by atoms with E-state index in [1.54, 1.807) is 11.3 Å². The van der Waals surface area contributed by atoms with Crippen molar-refractivity contribution in [1.82, 2.24) is 15.2 Å². The monoisotopic (exact) mass is 490 g/mol.